The van der Waals surface area contributed by atoms with Crippen LogP contribution in [0.2, 0.25) is 0 Å². The molecule has 0 aromatic heterocycles. The van der Waals surface area contributed by atoms with Crippen LogP contribution in [-0.2, 0) is 0 Å². The van der Waals surface area contributed by atoms with E-state index < -0.39 is 0 Å². The van der Waals surface area contributed by atoms with Crippen LogP contribution in [0.25, 0.3) is 0 Å². The molecule has 2 unspecified atom stereocenters. The third-order valence-corrected chi connectivity index (χ3v) is 4.09. The van der Waals surface area contributed by atoms with Crippen molar-refractivity contribution in [3.8, 4) is 0 Å². The molecule has 0 heterocycles. The fourth-order valence-electron chi connectivity index (χ4n) is 2.49. The summed E-state index contributed by atoms with van der Waals surface area (Å²) >= 11 is 0. The van der Waals surface area contributed by atoms with Gasteiger partial charge < -0.3 is 0 Å². The molecule has 0 bridgehead atoms. The Hall–Kier alpha value is 0. The Morgan fingerprint density at radius 3 is 2.08 bits per heavy atom. The van der Waals surface area contributed by atoms with E-state index in [9.17, 15) is 0 Å². The zero-order valence-electron chi connectivity index (χ0n) is 9.41. The van der Waals surface area contributed by atoms with Crippen molar-refractivity contribution in [2.24, 2.45) is 16.7 Å². The molecule has 0 nitrogen and oxygen atoms in total. The molecule has 72 valence electrons. The highest BCUT2D eigenvalue weighted by Gasteiger charge is 2.51. The number of rotatable bonds is 4. The van der Waals surface area contributed by atoms with Gasteiger partial charge in [-0.05, 0) is 29.6 Å². The summed E-state index contributed by atoms with van der Waals surface area (Å²) in [5, 5.41) is 0. The molecule has 1 fully saturated rings. The number of hydrogen-bond acceptors (Lipinski definition) is 0. The minimum Gasteiger partial charge on any atom is -0.0649 e. The summed E-state index contributed by atoms with van der Waals surface area (Å²) in [6.45, 7) is 11.9. The van der Waals surface area contributed by atoms with Crippen molar-refractivity contribution in [1.29, 1.82) is 0 Å². The van der Waals surface area contributed by atoms with Crippen molar-refractivity contribution in [1.82, 2.24) is 0 Å². The molecule has 0 saturated heterocycles. The van der Waals surface area contributed by atoms with Crippen molar-refractivity contribution in [3.05, 3.63) is 0 Å². The van der Waals surface area contributed by atoms with Gasteiger partial charge in [0.05, 0.1) is 0 Å². The summed E-state index contributed by atoms with van der Waals surface area (Å²) in [4.78, 5) is 0. The fraction of sp³-hybridized carbons (Fsp3) is 1.00. The average Bonchev–Trinajstić information content (AvgIpc) is 2.62. The molecule has 1 aliphatic carbocycles. The average molecular weight is 168 g/mol. The molecular formula is C12H24. The van der Waals surface area contributed by atoms with Crippen molar-refractivity contribution in [3.63, 3.8) is 0 Å². The van der Waals surface area contributed by atoms with E-state index in [1.807, 2.05) is 0 Å². The maximum absolute atomic E-state index is 2.41. The van der Waals surface area contributed by atoms with Gasteiger partial charge in [-0.25, -0.2) is 0 Å². The standard InChI is InChI=1S/C12H24/c1-6-11(4,5)9-12(7-2)8-10(12)3/h10H,6-9H2,1-5H3. The molecule has 1 aliphatic rings. The highest BCUT2D eigenvalue weighted by atomic mass is 14.6. The fourth-order valence-corrected chi connectivity index (χ4v) is 2.49. The van der Waals surface area contributed by atoms with E-state index in [2.05, 4.69) is 34.6 Å². The Balaban J connectivity index is 2.50. The quantitative estimate of drug-likeness (QED) is 0.588. The lowest BCUT2D eigenvalue weighted by Gasteiger charge is -2.28. The van der Waals surface area contributed by atoms with Gasteiger partial charge >= 0.3 is 0 Å². The predicted molar refractivity (Wildman–Crippen MR) is 55.2 cm³/mol. The van der Waals surface area contributed by atoms with Crippen LogP contribution in [0.1, 0.15) is 60.3 Å². The summed E-state index contributed by atoms with van der Waals surface area (Å²) in [7, 11) is 0. The molecule has 1 rings (SSSR count). The van der Waals surface area contributed by atoms with Gasteiger partial charge in [0.1, 0.15) is 0 Å². The van der Waals surface area contributed by atoms with Gasteiger partial charge in [0.25, 0.3) is 0 Å². The van der Waals surface area contributed by atoms with E-state index in [0.29, 0.717) is 5.41 Å². The second kappa shape index (κ2) is 3.05. The Labute approximate surface area is 77.7 Å². The van der Waals surface area contributed by atoms with Crippen molar-refractivity contribution in [2.45, 2.75) is 60.3 Å². The molecule has 2 atom stereocenters. The zero-order chi connectivity index (χ0) is 9.41. The van der Waals surface area contributed by atoms with E-state index >= 15 is 0 Å². The van der Waals surface area contributed by atoms with E-state index in [-0.39, 0.29) is 0 Å². The summed E-state index contributed by atoms with van der Waals surface area (Å²) < 4.78 is 0. The van der Waals surface area contributed by atoms with Gasteiger partial charge in [-0.1, -0.05) is 47.5 Å². The molecule has 0 amide bonds. The monoisotopic (exact) mass is 168 g/mol. The summed E-state index contributed by atoms with van der Waals surface area (Å²) in [5.41, 5.74) is 1.31. The molecule has 0 aromatic rings. The first-order valence-electron chi connectivity index (χ1n) is 5.46. The van der Waals surface area contributed by atoms with Crippen LogP contribution in [0.3, 0.4) is 0 Å². The van der Waals surface area contributed by atoms with Crippen molar-refractivity contribution >= 4 is 0 Å². The largest absolute Gasteiger partial charge is 0.0649 e. The van der Waals surface area contributed by atoms with Crippen LogP contribution in [0.5, 0.6) is 0 Å². The Morgan fingerprint density at radius 1 is 1.33 bits per heavy atom. The smallest absolute Gasteiger partial charge is 0.0266 e. The van der Waals surface area contributed by atoms with Crippen LogP contribution in [0, 0.1) is 16.7 Å². The van der Waals surface area contributed by atoms with E-state index in [4.69, 9.17) is 0 Å². The molecule has 0 N–H and O–H groups in total. The molecule has 12 heavy (non-hydrogen) atoms. The van der Waals surface area contributed by atoms with Crippen molar-refractivity contribution in [2.75, 3.05) is 0 Å². The van der Waals surface area contributed by atoms with Gasteiger partial charge in [-0.2, -0.15) is 0 Å². The lowest BCUT2D eigenvalue weighted by Crippen LogP contribution is -2.17. The van der Waals surface area contributed by atoms with Gasteiger partial charge in [-0.3, -0.25) is 0 Å². The molecule has 0 spiro atoms. The highest BCUT2D eigenvalue weighted by Crippen LogP contribution is 2.60. The summed E-state index contributed by atoms with van der Waals surface area (Å²) in [6, 6.07) is 0. The molecule has 0 aromatic carbocycles. The van der Waals surface area contributed by atoms with Crippen LogP contribution in [-0.4, -0.2) is 0 Å². The number of hydrogen-bond donors (Lipinski definition) is 0. The maximum Gasteiger partial charge on any atom is -0.0266 e. The minimum absolute atomic E-state index is 0.570. The molecule has 0 aliphatic heterocycles. The first-order chi connectivity index (χ1) is 5.46. The van der Waals surface area contributed by atoms with Crippen LogP contribution < -0.4 is 0 Å². The maximum atomic E-state index is 2.41. The van der Waals surface area contributed by atoms with E-state index in [0.717, 1.165) is 11.3 Å². The Morgan fingerprint density at radius 2 is 1.83 bits per heavy atom. The van der Waals surface area contributed by atoms with Gasteiger partial charge in [-0.15, -0.1) is 0 Å². The molecular weight excluding hydrogens is 144 g/mol. The minimum atomic E-state index is 0.570. The summed E-state index contributed by atoms with van der Waals surface area (Å²) in [5.74, 6) is 0.994. The molecule has 0 heteroatoms. The van der Waals surface area contributed by atoms with Gasteiger partial charge in [0, 0.05) is 0 Å². The van der Waals surface area contributed by atoms with Gasteiger partial charge in [0.15, 0.2) is 0 Å². The normalized spacial score (nSPS) is 35.2. The van der Waals surface area contributed by atoms with Crippen LogP contribution in [0.15, 0.2) is 0 Å². The third-order valence-electron chi connectivity index (χ3n) is 4.09. The van der Waals surface area contributed by atoms with Crippen LogP contribution in [0.4, 0.5) is 0 Å². The summed E-state index contributed by atoms with van der Waals surface area (Å²) in [6.07, 6.45) is 5.63. The van der Waals surface area contributed by atoms with Crippen LogP contribution >= 0.6 is 0 Å². The first-order valence-corrected chi connectivity index (χ1v) is 5.46. The first kappa shape index (κ1) is 10.1. The second-order valence-electron chi connectivity index (χ2n) is 5.52. The lowest BCUT2D eigenvalue weighted by atomic mass is 9.77. The van der Waals surface area contributed by atoms with Gasteiger partial charge in [0.2, 0.25) is 0 Å². The zero-order valence-corrected chi connectivity index (χ0v) is 9.41. The third kappa shape index (κ3) is 1.84. The second-order valence-corrected chi connectivity index (χ2v) is 5.52. The lowest BCUT2D eigenvalue weighted by molar-refractivity contribution is 0.225. The molecule has 0 radical (unpaired) electrons. The van der Waals surface area contributed by atoms with E-state index in [1.165, 1.54) is 25.7 Å². The van der Waals surface area contributed by atoms with Crippen molar-refractivity contribution < 1.29 is 0 Å². The molecule has 1 saturated carbocycles. The Bertz CT molecular complexity index is 153. The SMILES string of the molecule is CCC(C)(C)CC1(CC)CC1C. The van der Waals surface area contributed by atoms with E-state index in [1.54, 1.807) is 0 Å². The Kier molecular flexibility index (Phi) is 2.56. The topological polar surface area (TPSA) is 0 Å². The highest BCUT2D eigenvalue weighted by molar-refractivity contribution is 5.01. The predicted octanol–water partition coefficient (Wildman–Crippen LogP) is 4.25.